The molecule has 21 nitrogen and oxygen atoms in total. The van der Waals surface area contributed by atoms with Crippen LogP contribution < -0.4 is 33.6 Å². The van der Waals surface area contributed by atoms with Crippen molar-refractivity contribution in [1.82, 2.24) is 39.5 Å². The number of nitrogen functional groups attached to an aromatic ring is 4. The third kappa shape index (κ3) is 6.72. The molecule has 0 fully saturated rings. The van der Waals surface area contributed by atoms with Crippen molar-refractivity contribution in [3.05, 3.63) is 23.5 Å². The van der Waals surface area contributed by atoms with Gasteiger partial charge < -0.3 is 38.3 Å². The summed E-state index contributed by atoms with van der Waals surface area (Å²) in [6.07, 6.45) is 3.79. The van der Waals surface area contributed by atoms with Gasteiger partial charge in [-0.25, -0.2) is 14.2 Å². The topological polar surface area (TPSA) is 308 Å². The van der Waals surface area contributed by atoms with Gasteiger partial charge in [0.05, 0.1) is 25.1 Å². The molecule has 4 rings (SSSR count). The number of hydrogen-bond acceptors (Lipinski definition) is 19. The maximum absolute atomic E-state index is 12.0. The molecule has 0 aliphatic heterocycles. The standard InChI is InChI=1S/C22H28N18O3/c1-39-18(10(9-41)7-29-39)37-35-12-14(23)31-21(25)33-16(12)27-5-4-6-28-17-13(15(24)32-22(26)34-17)36-38-19-11(20(42)43-3)8-30-40(19)2/h7-9H,4-6H2,1-3H3,(H5,23,25,27,31,33)(H5,24,26,28,32,34). The molecule has 21 heteroatoms. The Balaban J connectivity index is 1.45. The van der Waals surface area contributed by atoms with E-state index in [2.05, 4.69) is 61.2 Å². The second-order valence-corrected chi connectivity index (χ2v) is 8.60. The molecular weight excluding hydrogens is 564 g/mol. The highest BCUT2D eigenvalue weighted by Gasteiger charge is 2.18. The minimum atomic E-state index is -0.631. The van der Waals surface area contributed by atoms with Crippen LogP contribution in [0.3, 0.4) is 0 Å². The molecule has 0 amide bonds. The van der Waals surface area contributed by atoms with Crippen molar-refractivity contribution in [1.29, 1.82) is 0 Å². The van der Waals surface area contributed by atoms with Crippen LogP contribution in [0.25, 0.3) is 0 Å². The van der Waals surface area contributed by atoms with Crippen LogP contribution in [-0.2, 0) is 18.8 Å². The van der Waals surface area contributed by atoms with Crippen LogP contribution in [0.15, 0.2) is 32.9 Å². The van der Waals surface area contributed by atoms with Gasteiger partial charge >= 0.3 is 5.97 Å². The maximum Gasteiger partial charge on any atom is 0.343 e. The molecule has 0 aliphatic carbocycles. The second kappa shape index (κ2) is 12.9. The van der Waals surface area contributed by atoms with E-state index < -0.39 is 5.97 Å². The van der Waals surface area contributed by atoms with E-state index in [1.807, 2.05) is 0 Å². The third-order valence-corrected chi connectivity index (χ3v) is 5.66. The average Bonchev–Trinajstić information content (AvgIpc) is 3.52. The number of esters is 1. The van der Waals surface area contributed by atoms with E-state index in [9.17, 15) is 9.59 Å². The van der Waals surface area contributed by atoms with Crippen LogP contribution in [0.5, 0.6) is 0 Å². The van der Waals surface area contributed by atoms with Crippen molar-refractivity contribution >= 4 is 70.4 Å². The predicted octanol–water partition coefficient (Wildman–Crippen LogP) is 1.41. The van der Waals surface area contributed by atoms with Crippen molar-refractivity contribution in [2.24, 2.45) is 34.6 Å². The molecule has 0 unspecified atom stereocenters. The number of carbonyl (C=O) groups excluding carboxylic acids is 2. The fourth-order valence-corrected chi connectivity index (χ4v) is 3.58. The van der Waals surface area contributed by atoms with E-state index in [-0.39, 0.29) is 69.3 Å². The van der Waals surface area contributed by atoms with Crippen molar-refractivity contribution in [2.75, 3.05) is 53.8 Å². The Morgan fingerprint density at radius 2 is 1.35 bits per heavy atom. The van der Waals surface area contributed by atoms with Crippen molar-refractivity contribution in [3.63, 3.8) is 0 Å². The lowest BCUT2D eigenvalue weighted by Gasteiger charge is -2.12. The summed E-state index contributed by atoms with van der Waals surface area (Å²) >= 11 is 0. The lowest BCUT2D eigenvalue weighted by molar-refractivity contribution is 0.0601. The van der Waals surface area contributed by atoms with Gasteiger partial charge in [-0.15, -0.1) is 20.5 Å². The monoisotopic (exact) mass is 592 g/mol. The third-order valence-electron chi connectivity index (χ3n) is 5.66. The fraction of sp³-hybridized carbons (Fsp3) is 0.273. The first-order valence-electron chi connectivity index (χ1n) is 12.4. The van der Waals surface area contributed by atoms with Gasteiger partial charge in [-0.2, -0.15) is 30.1 Å². The Kier molecular flexibility index (Phi) is 8.93. The molecular formula is C22H28N18O3. The summed E-state index contributed by atoms with van der Waals surface area (Å²) in [4.78, 5) is 39.5. The lowest BCUT2D eigenvalue weighted by atomic mass is 10.3. The average molecular weight is 593 g/mol. The van der Waals surface area contributed by atoms with Crippen molar-refractivity contribution in [3.8, 4) is 0 Å². The summed E-state index contributed by atoms with van der Waals surface area (Å²) in [5, 5.41) is 30.6. The Labute approximate surface area is 242 Å². The number of nitrogens with zero attached hydrogens (tertiary/aromatic N) is 12. The smallest absolute Gasteiger partial charge is 0.343 e. The molecule has 0 radical (unpaired) electrons. The number of aryl methyl sites for hydroxylation is 2. The number of azo groups is 2. The van der Waals surface area contributed by atoms with Gasteiger partial charge in [-0.05, 0) is 6.42 Å². The molecule has 4 aromatic heterocycles. The zero-order valence-electron chi connectivity index (χ0n) is 23.3. The quantitative estimate of drug-likeness (QED) is 0.0586. The predicted molar refractivity (Wildman–Crippen MR) is 155 cm³/mol. The molecule has 4 heterocycles. The van der Waals surface area contributed by atoms with Gasteiger partial charge in [0.2, 0.25) is 11.9 Å². The highest BCUT2D eigenvalue weighted by Crippen LogP contribution is 2.33. The number of methoxy groups -OCH3 is 1. The highest BCUT2D eigenvalue weighted by atomic mass is 16.5. The van der Waals surface area contributed by atoms with Crippen LogP contribution in [0.2, 0.25) is 0 Å². The molecule has 0 atom stereocenters. The van der Waals surface area contributed by atoms with E-state index in [0.29, 0.717) is 25.8 Å². The molecule has 0 bridgehead atoms. The van der Waals surface area contributed by atoms with Gasteiger partial charge in [0.25, 0.3) is 0 Å². The van der Waals surface area contributed by atoms with Gasteiger partial charge in [0, 0.05) is 27.2 Å². The Morgan fingerprint density at radius 1 is 0.837 bits per heavy atom. The SMILES string of the molecule is COC(=O)c1cnn(C)c1N=Nc1c(N)nc(N)nc1NCCCNc1nc(N)nc(N)c1N=Nc1c(C=O)cnn1C. The Hall–Kier alpha value is -6.28. The van der Waals surface area contributed by atoms with Crippen LogP contribution in [0, 0.1) is 0 Å². The van der Waals surface area contributed by atoms with Gasteiger partial charge in [0.1, 0.15) is 5.56 Å². The molecule has 0 saturated heterocycles. The van der Waals surface area contributed by atoms with Crippen LogP contribution in [0.1, 0.15) is 27.1 Å². The summed E-state index contributed by atoms with van der Waals surface area (Å²) in [6.45, 7) is 0.719. The fourth-order valence-electron chi connectivity index (χ4n) is 3.58. The summed E-state index contributed by atoms with van der Waals surface area (Å²) in [7, 11) is 4.44. The van der Waals surface area contributed by atoms with Gasteiger partial charge in [0.15, 0.2) is 52.6 Å². The van der Waals surface area contributed by atoms with E-state index in [0.717, 1.165) is 0 Å². The van der Waals surface area contributed by atoms with Crippen LogP contribution >= 0.6 is 0 Å². The van der Waals surface area contributed by atoms with E-state index in [1.165, 1.54) is 28.9 Å². The number of hydrogen-bond donors (Lipinski definition) is 6. The van der Waals surface area contributed by atoms with E-state index in [1.54, 1.807) is 14.1 Å². The van der Waals surface area contributed by atoms with Crippen molar-refractivity contribution < 1.29 is 14.3 Å². The number of aldehydes is 1. The van der Waals surface area contributed by atoms with E-state index >= 15 is 0 Å². The maximum atomic E-state index is 12.0. The Bertz CT molecular complexity index is 1710. The summed E-state index contributed by atoms with van der Waals surface area (Å²) in [6, 6.07) is 0. The first kappa shape index (κ1) is 29.7. The first-order valence-corrected chi connectivity index (χ1v) is 12.4. The number of nitrogens with one attached hydrogen (secondary N) is 2. The zero-order chi connectivity index (χ0) is 31.1. The molecule has 10 N–H and O–H groups in total. The van der Waals surface area contributed by atoms with Crippen LogP contribution in [0.4, 0.5) is 58.2 Å². The number of ether oxygens (including phenoxy) is 1. The zero-order valence-corrected chi connectivity index (χ0v) is 23.3. The lowest BCUT2D eigenvalue weighted by Crippen LogP contribution is -2.13. The molecule has 43 heavy (non-hydrogen) atoms. The second-order valence-electron chi connectivity index (χ2n) is 8.60. The summed E-state index contributed by atoms with van der Waals surface area (Å²) < 4.78 is 7.48. The minimum Gasteiger partial charge on any atom is -0.465 e. The Morgan fingerprint density at radius 3 is 1.88 bits per heavy atom. The largest absolute Gasteiger partial charge is 0.465 e. The molecule has 0 aliphatic rings. The number of carbonyl (C=O) groups is 2. The number of rotatable bonds is 12. The van der Waals surface area contributed by atoms with Crippen LogP contribution in [-0.4, -0.2) is 72.0 Å². The molecule has 0 aromatic carbocycles. The highest BCUT2D eigenvalue weighted by molar-refractivity contribution is 5.93. The molecule has 0 spiro atoms. The molecule has 0 saturated carbocycles. The van der Waals surface area contributed by atoms with Gasteiger partial charge in [-0.1, -0.05) is 0 Å². The number of anilines is 6. The summed E-state index contributed by atoms with van der Waals surface area (Å²) in [5.74, 6) is -0.0344. The summed E-state index contributed by atoms with van der Waals surface area (Å²) in [5.41, 5.74) is 24.2. The normalized spacial score (nSPS) is 11.3. The van der Waals surface area contributed by atoms with Gasteiger partial charge in [-0.3, -0.25) is 4.79 Å². The first-order chi connectivity index (χ1) is 20.6. The van der Waals surface area contributed by atoms with E-state index in [4.69, 9.17) is 27.7 Å². The minimum absolute atomic E-state index is 0.0163. The number of nitrogens with two attached hydrogens (primary N) is 4. The molecule has 224 valence electrons. The molecule has 4 aromatic rings. The van der Waals surface area contributed by atoms with Crippen molar-refractivity contribution in [2.45, 2.75) is 6.42 Å². The number of aromatic nitrogens is 8.